The summed E-state index contributed by atoms with van der Waals surface area (Å²) < 4.78 is 9.29. The summed E-state index contributed by atoms with van der Waals surface area (Å²) in [6.07, 6.45) is 0. The third-order valence-corrected chi connectivity index (χ3v) is 10.7. The monoisotopic (exact) mass is 746 g/mol. The Bertz CT molecular complexity index is 3220. The molecule has 0 aliphatic carbocycles. The molecule has 0 bridgehead atoms. The van der Waals surface area contributed by atoms with Crippen LogP contribution in [0.3, 0.4) is 0 Å². The molecule has 0 saturated carbocycles. The molecule has 0 atom stereocenters. The maximum Gasteiger partial charge on any atom is 0.167 e. The van der Waals surface area contributed by atoms with E-state index in [1.54, 1.807) is 0 Å². The summed E-state index contributed by atoms with van der Waals surface area (Å²) in [5.74, 6) is 1.77. The SMILES string of the molecule is CC.c1ccc(-c2ccc(-c3nc(-c4ccccc4)nc(-c4cccc5c4oc4c(-c6ccc7c(c6)c6ccccc6n7-c6ccccc6)cccc45)n3)cc2)cc1. The van der Waals surface area contributed by atoms with Gasteiger partial charge in [0.1, 0.15) is 11.2 Å². The fourth-order valence-electron chi connectivity index (χ4n) is 8.00. The van der Waals surface area contributed by atoms with Gasteiger partial charge in [-0.15, -0.1) is 0 Å². The summed E-state index contributed by atoms with van der Waals surface area (Å²) in [4.78, 5) is 15.2. The van der Waals surface area contributed by atoms with E-state index in [0.29, 0.717) is 17.5 Å². The zero-order chi connectivity index (χ0) is 39.0. The number of fused-ring (bicyclic) bond motifs is 6. The van der Waals surface area contributed by atoms with Crippen LogP contribution in [0.25, 0.3) is 106 Å². The van der Waals surface area contributed by atoms with Crippen LogP contribution >= 0.6 is 0 Å². The number of aromatic nitrogens is 4. The van der Waals surface area contributed by atoms with Crippen molar-refractivity contribution in [1.82, 2.24) is 19.5 Å². The van der Waals surface area contributed by atoms with Crippen LogP contribution in [-0.4, -0.2) is 19.5 Å². The average molecular weight is 747 g/mol. The normalized spacial score (nSPS) is 11.3. The van der Waals surface area contributed by atoms with E-state index in [1.807, 2.05) is 56.3 Å². The third kappa shape index (κ3) is 6.01. The van der Waals surface area contributed by atoms with Crippen molar-refractivity contribution in [2.45, 2.75) is 13.8 Å². The molecule has 0 amide bonds. The third-order valence-electron chi connectivity index (χ3n) is 10.7. The molecule has 276 valence electrons. The van der Waals surface area contributed by atoms with Crippen LogP contribution in [0, 0.1) is 0 Å². The number of benzene rings is 8. The molecule has 0 N–H and O–H groups in total. The summed E-state index contributed by atoms with van der Waals surface area (Å²) in [7, 11) is 0. The summed E-state index contributed by atoms with van der Waals surface area (Å²) in [5, 5.41) is 4.46. The van der Waals surface area contributed by atoms with Crippen LogP contribution in [0.15, 0.2) is 199 Å². The molecule has 5 nitrogen and oxygen atoms in total. The summed E-state index contributed by atoms with van der Waals surface area (Å²) in [6, 6.07) is 67.4. The molecule has 5 heteroatoms. The van der Waals surface area contributed by atoms with Gasteiger partial charge in [0.15, 0.2) is 17.5 Å². The highest BCUT2D eigenvalue weighted by atomic mass is 16.3. The Labute approximate surface area is 336 Å². The van der Waals surface area contributed by atoms with Gasteiger partial charge in [0, 0.05) is 43.9 Å². The van der Waals surface area contributed by atoms with Crippen LogP contribution < -0.4 is 0 Å². The minimum atomic E-state index is 0.558. The second kappa shape index (κ2) is 14.8. The largest absolute Gasteiger partial charge is 0.455 e. The van der Waals surface area contributed by atoms with Crippen molar-refractivity contribution in [3.8, 4) is 62.1 Å². The molecular weight excluding hydrogens is 709 g/mol. The number of rotatable bonds is 6. The first kappa shape index (κ1) is 34.8. The second-order valence-electron chi connectivity index (χ2n) is 14.0. The summed E-state index contributed by atoms with van der Waals surface area (Å²) in [6.45, 7) is 4.00. The highest BCUT2D eigenvalue weighted by Crippen LogP contribution is 2.41. The molecule has 8 aromatic carbocycles. The number of nitrogens with zero attached hydrogens (tertiary/aromatic N) is 4. The first-order chi connectivity index (χ1) is 28.8. The Balaban J connectivity index is 0.00000201. The maximum atomic E-state index is 6.95. The van der Waals surface area contributed by atoms with Crippen molar-refractivity contribution < 1.29 is 4.42 Å². The molecule has 0 spiro atoms. The van der Waals surface area contributed by atoms with Gasteiger partial charge in [-0.3, -0.25) is 0 Å². The summed E-state index contributed by atoms with van der Waals surface area (Å²) in [5.41, 5.74) is 12.1. The van der Waals surface area contributed by atoms with Gasteiger partial charge < -0.3 is 8.98 Å². The quantitative estimate of drug-likeness (QED) is 0.170. The topological polar surface area (TPSA) is 56.7 Å². The van der Waals surface area contributed by atoms with E-state index >= 15 is 0 Å². The Kier molecular flexibility index (Phi) is 8.88. The van der Waals surface area contributed by atoms with Crippen LogP contribution in [-0.2, 0) is 0 Å². The van der Waals surface area contributed by atoms with Gasteiger partial charge in [-0.1, -0.05) is 172 Å². The van der Waals surface area contributed by atoms with Crippen molar-refractivity contribution in [2.75, 3.05) is 0 Å². The van der Waals surface area contributed by atoms with Crippen molar-refractivity contribution in [3.63, 3.8) is 0 Å². The lowest BCUT2D eigenvalue weighted by atomic mass is 10.00. The smallest absolute Gasteiger partial charge is 0.167 e. The van der Waals surface area contributed by atoms with Gasteiger partial charge in [-0.2, -0.15) is 0 Å². The van der Waals surface area contributed by atoms with Gasteiger partial charge in [-0.05, 0) is 53.1 Å². The van der Waals surface area contributed by atoms with E-state index in [0.717, 1.165) is 72.1 Å². The Morgan fingerprint density at radius 3 is 1.50 bits per heavy atom. The van der Waals surface area contributed by atoms with Gasteiger partial charge >= 0.3 is 0 Å². The minimum absolute atomic E-state index is 0.558. The molecular formula is C53H38N4O. The average Bonchev–Trinajstić information content (AvgIpc) is 3.86. The van der Waals surface area contributed by atoms with E-state index in [9.17, 15) is 0 Å². The second-order valence-corrected chi connectivity index (χ2v) is 14.0. The number of furan rings is 1. The first-order valence-corrected chi connectivity index (χ1v) is 19.8. The number of para-hydroxylation sites is 4. The molecule has 0 radical (unpaired) electrons. The predicted molar refractivity (Wildman–Crippen MR) is 240 cm³/mol. The van der Waals surface area contributed by atoms with E-state index in [-0.39, 0.29) is 0 Å². The highest BCUT2D eigenvalue weighted by Gasteiger charge is 2.20. The van der Waals surface area contributed by atoms with Crippen molar-refractivity contribution in [3.05, 3.63) is 194 Å². The molecule has 11 aromatic rings. The summed E-state index contributed by atoms with van der Waals surface area (Å²) >= 11 is 0. The van der Waals surface area contributed by atoms with Gasteiger partial charge in [0.2, 0.25) is 0 Å². The van der Waals surface area contributed by atoms with Crippen molar-refractivity contribution in [1.29, 1.82) is 0 Å². The molecule has 3 aromatic heterocycles. The number of hydrogen-bond acceptors (Lipinski definition) is 4. The highest BCUT2D eigenvalue weighted by molar-refractivity contribution is 6.14. The lowest BCUT2D eigenvalue weighted by Gasteiger charge is -2.09. The molecule has 0 aliphatic heterocycles. The molecule has 0 fully saturated rings. The van der Waals surface area contributed by atoms with E-state index in [4.69, 9.17) is 19.4 Å². The predicted octanol–water partition coefficient (Wildman–Crippen LogP) is 14.2. The van der Waals surface area contributed by atoms with Gasteiger partial charge in [0.05, 0.1) is 16.6 Å². The fraction of sp³-hybridized carbons (Fsp3) is 0.0377. The number of hydrogen-bond donors (Lipinski definition) is 0. The Hall–Kier alpha value is -7.63. The van der Waals surface area contributed by atoms with Gasteiger partial charge in [-0.25, -0.2) is 15.0 Å². The lowest BCUT2D eigenvalue weighted by molar-refractivity contribution is 0.670. The molecule has 0 aliphatic rings. The van der Waals surface area contributed by atoms with E-state index in [2.05, 4.69) is 156 Å². The standard InChI is InChI=1S/C51H32N4O.C2H6/c1-4-14-33(15-5-1)34-26-28-36(29-27-34)50-52-49(35-16-6-2-7-17-35)53-51(54-50)43-24-13-23-42-41-22-12-21-39(47(41)56-48(42)43)37-30-31-46-44(32-37)40-20-10-11-25-45(40)55(46)38-18-8-3-9-19-38;1-2/h1-32H;1-2H3. The molecule has 58 heavy (non-hydrogen) atoms. The Morgan fingerprint density at radius 1 is 0.345 bits per heavy atom. The molecule has 0 saturated heterocycles. The van der Waals surface area contributed by atoms with Gasteiger partial charge in [0.25, 0.3) is 0 Å². The molecule has 11 rings (SSSR count). The Morgan fingerprint density at radius 2 is 0.810 bits per heavy atom. The van der Waals surface area contributed by atoms with Crippen molar-refractivity contribution in [2.24, 2.45) is 0 Å². The zero-order valence-corrected chi connectivity index (χ0v) is 32.2. The van der Waals surface area contributed by atoms with Crippen LogP contribution in [0.4, 0.5) is 0 Å². The molecule has 3 heterocycles. The zero-order valence-electron chi connectivity index (χ0n) is 32.2. The first-order valence-electron chi connectivity index (χ1n) is 19.8. The van der Waals surface area contributed by atoms with E-state index in [1.165, 1.54) is 16.3 Å². The van der Waals surface area contributed by atoms with Crippen LogP contribution in [0.2, 0.25) is 0 Å². The van der Waals surface area contributed by atoms with E-state index < -0.39 is 0 Å². The molecule has 0 unspecified atom stereocenters. The van der Waals surface area contributed by atoms with Crippen LogP contribution in [0.1, 0.15) is 13.8 Å². The van der Waals surface area contributed by atoms with Crippen molar-refractivity contribution >= 4 is 43.7 Å². The fourth-order valence-corrected chi connectivity index (χ4v) is 8.00. The lowest BCUT2D eigenvalue weighted by Crippen LogP contribution is -2.00. The maximum absolute atomic E-state index is 6.95. The van der Waals surface area contributed by atoms with Crippen LogP contribution in [0.5, 0.6) is 0 Å². The minimum Gasteiger partial charge on any atom is -0.455 e.